The van der Waals surface area contributed by atoms with Crippen molar-refractivity contribution in [1.82, 2.24) is 9.38 Å². The molecule has 0 unspecified atom stereocenters. The molecule has 0 aliphatic carbocycles. The van der Waals surface area contributed by atoms with E-state index in [0.717, 1.165) is 11.8 Å². The van der Waals surface area contributed by atoms with E-state index in [2.05, 4.69) is 11.1 Å². The molecule has 114 valence electrons. The zero-order valence-electron chi connectivity index (χ0n) is 12.9. The molecule has 1 aromatic carbocycles. The van der Waals surface area contributed by atoms with Crippen LogP contribution >= 0.6 is 0 Å². The Morgan fingerprint density at radius 3 is 2.78 bits per heavy atom. The van der Waals surface area contributed by atoms with E-state index < -0.39 is 0 Å². The lowest BCUT2D eigenvalue weighted by Crippen LogP contribution is -2.00. The lowest BCUT2D eigenvalue weighted by Gasteiger charge is -2.08. The van der Waals surface area contributed by atoms with Gasteiger partial charge >= 0.3 is 0 Å². The first kappa shape index (κ1) is 14.8. The Morgan fingerprint density at radius 1 is 1.30 bits per heavy atom. The molecule has 0 radical (unpaired) electrons. The summed E-state index contributed by atoms with van der Waals surface area (Å²) in [6, 6.07) is 13.1. The molecular weight excluding hydrogens is 290 g/mol. The van der Waals surface area contributed by atoms with E-state index in [0.29, 0.717) is 40.6 Å². The average Bonchev–Trinajstić information content (AvgIpc) is 2.95. The summed E-state index contributed by atoms with van der Waals surface area (Å²) in [4.78, 5) is 16.3. The second-order valence-electron chi connectivity index (χ2n) is 5.03. The quantitative estimate of drug-likeness (QED) is 0.693. The lowest BCUT2D eigenvalue weighted by molar-refractivity contribution is 0.111. The number of aromatic nitrogens is 2. The van der Waals surface area contributed by atoms with Crippen molar-refractivity contribution in [3.8, 4) is 23.1 Å². The molecule has 0 fully saturated rings. The van der Waals surface area contributed by atoms with Crippen molar-refractivity contribution >= 4 is 11.9 Å². The number of rotatable bonds is 4. The maximum atomic E-state index is 11.7. The number of carbonyl (C=O) groups is 1. The summed E-state index contributed by atoms with van der Waals surface area (Å²) in [5.41, 5.74) is 3.58. The van der Waals surface area contributed by atoms with Gasteiger partial charge in [0.1, 0.15) is 28.9 Å². The van der Waals surface area contributed by atoms with Gasteiger partial charge in [-0.25, -0.2) is 4.98 Å². The number of fused-ring (bicyclic) bond motifs is 1. The number of nitrogens with zero attached hydrogens (tertiary/aromatic N) is 3. The van der Waals surface area contributed by atoms with E-state index in [9.17, 15) is 10.1 Å². The molecule has 0 aliphatic rings. The highest BCUT2D eigenvalue weighted by atomic mass is 16.5. The summed E-state index contributed by atoms with van der Waals surface area (Å²) in [5, 5.41) is 9.19. The number of ether oxygens (including phenoxy) is 1. The highest BCUT2D eigenvalue weighted by Gasteiger charge is 2.18. The van der Waals surface area contributed by atoms with Crippen LogP contribution in [-0.4, -0.2) is 22.3 Å². The topological polar surface area (TPSA) is 67.4 Å². The molecule has 3 aromatic rings. The molecular formula is C18H15N3O2. The third-order valence-corrected chi connectivity index (χ3v) is 3.74. The molecule has 23 heavy (non-hydrogen) atoms. The molecule has 0 saturated heterocycles. The predicted molar refractivity (Wildman–Crippen MR) is 86.6 cm³/mol. The average molecular weight is 305 g/mol. The molecule has 0 amide bonds. The lowest BCUT2D eigenvalue weighted by atomic mass is 10.1. The largest absolute Gasteiger partial charge is 0.493 e. The van der Waals surface area contributed by atoms with Crippen molar-refractivity contribution in [2.24, 2.45) is 0 Å². The maximum absolute atomic E-state index is 11.7. The van der Waals surface area contributed by atoms with Gasteiger partial charge in [-0.1, -0.05) is 12.1 Å². The Morgan fingerprint density at radius 2 is 2.09 bits per heavy atom. The molecule has 0 aliphatic heterocycles. The molecule has 5 heteroatoms. The first-order chi connectivity index (χ1) is 11.2. The molecule has 3 rings (SSSR count). The van der Waals surface area contributed by atoms with Gasteiger partial charge in [-0.15, -0.1) is 0 Å². The molecule has 0 N–H and O–H groups in total. The number of hydrogen-bond donors (Lipinski definition) is 0. The van der Waals surface area contributed by atoms with E-state index in [1.54, 1.807) is 23.5 Å². The standard InChI is InChI=1S/C18H15N3O2/c1-3-23-16-7-5-4-6-14(16)18-15(11-22)21-12(2)13(10-19)8-9-17(21)20-18/h4-9,11H,3H2,1-2H3. The van der Waals surface area contributed by atoms with Crippen molar-refractivity contribution in [1.29, 1.82) is 5.26 Å². The Balaban J connectivity index is 2.34. The molecule has 0 spiro atoms. The number of aryl methyl sites for hydroxylation is 1. The summed E-state index contributed by atoms with van der Waals surface area (Å²) in [6.07, 6.45) is 0.770. The van der Waals surface area contributed by atoms with Gasteiger partial charge in [0, 0.05) is 11.3 Å². The summed E-state index contributed by atoms with van der Waals surface area (Å²) < 4.78 is 7.36. The number of aldehydes is 1. The van der Waals surface area contributed by atoms with E-state index >= 15 is 0 Å². The summed E-state index contributed by atoms with van der Waals surface area (Å²) in [5.74, 6) is 0.680. The number of benzene rings is 1. The van der Waals surface area contributed by atoms with Gasteiger partial charge in [0.05, 0.1) is 12.2 Å². The van der Waals surface area contributed by atoms with Gasteiger partial charge in [0.25, 0.3) is 0 Å². The zero-order chi connectivity index (χ0) is 16.4. The minimum absolute atomic E-state index is 0.418. The molecule has 0 bridgehead atoms. The Hall–Kier alpha value is -3.13. The number of imidazole rings is 1. The minimum Gasteiger partial charge on any atom is -0.493 e. The SMILES string of the molecule is CCOc1ccccc1-c1nc2ccc(C#N)c(C)n2c1C=O. The van der Waals surface area contributed by atoms with Crippen LogP contribution in [-0.2, 0) is 0 Å². The van der Waals surface area contributed by atoms with Crippen molar-refractivity contribution < 1.29 is 9.53 Å². The highest BCUT2D eigenvalue weighted by Crippen LogP contribution is 2.32. The molecule has 2 aromatic heterocycles. The smallest absolute Gasteiger partial charge is 0.169 e. The molecule has 0 atom stereocenters. The summed E-state index contributed by atoms with van der Waals surface area (Å²) in [7, 11) is 0. The number of nitriles is 1. The van der Waals surface area contributed by atoms with Gasteiger partial charge in [-0.05, 0) is 38.1 Å². The van der Waals surface area contributed by atoms with Crippen molar-refractivity contribution in [2.45, 2.75) is 13.8 Å². The van der Waals surface area contributed by atoms with Gasteiger partial charge in [-0.2, -0.15) is 5.26 Å². The Bertz CT molecular complexity index is 935. The molecule has 2 heterocycles. The second-order valence-corrected chi connectivity index (χ2v) is 5.03. The van der Waals surface area contributed by atoms with Crippen LogP contribution in [0.5, 0.6) is 5.75 Å². The molecule has 5 nitrogen and oxygen atoms in total. The Labute approximate surface area is 133 Å². The second kappa shape index (κ2) is 5.93. The number of pyridine rings is 1. The van der Waals surface area contributed by atoms with E-state index in [1.165, 1.54) is 0 Å². The van der Waals surface area contributed by atoms with Crippen LogP contribution < -0.4 is 4.74 Å². The highest BCUT2D eigenvalue weighted by molar-refractivity contribution is 5.88. The zero-order valence-corrected chi connectivity index (χ0v) is 12.9. The van der Waals surface area contributed by atoms with Crippen LogP contribution in [0, 0.1) is 18.3 Å². The third kappa shape index (κ3) is 2.34. The number of hydrogen-bond acceptors (Lipinski definition) is 4. The van der Waals surface area contributed by atoms with Crippen molar-refractivity contribution in [3.63, 3.8) is 0 Å². The predicted octanol–water partition coefficient (Wildman–Crippen LogP) is 3.39. The van der Waals surface area contributed by atoms with Gasteiger partial charge in [-0.3, -0.25) is 9.20 Å². The van der Waals surface area contributed by atoms with E-state index in [1.807, 2.05) is 31.2 Å². The van der Waals surface area contributed by atoms with Crippen molar-refractivity contribution in [3.05, 3.63) is 53.3 Å². The summed E-state index contributed by atoms with van der Waals surface area (Å²) in [6.45, 7) is 4.24. The van der Waals surface area contributed by atoms with Gasteiger partial charge < -0.3 is 4.74 Å². The van der Waals surface area contributed by atoms with Crippen molar-refractivity contribution in [2.75, 3.05) is 6.61 Å². The first-order valence-corrected chi connectivity index (χ1v) is 7.30. The fourth-order valence-electron chi connectivity index (χ4n) is 2.68. The third-order valence-electron chi connectivity index (χ3n) is 3.74. The van der Waals surface area contributed by atoms with E-state index in [4.69, 9.17) is 4.74 Å². The van der Waals surface area contributed by atoms with E-state index in [-0.39, 0.29) is 0 Å². The number of para-hydroxylation sites is 1. The maximum Gasteiger partial charge on any atom is 0.169 e. The van der Waals surface area contributed by atoms with Crippen LogP contribution in [0.15, 0.2) is 36.4 Å². The van der Waals surface area contributed by atoms with Crippen LogP contribution in [0.4, 0.5) is 0 Å². The molecule has 0 saturated carbocycles. The van der Waals surface area contributed by atoms with Gasteiger partial charge in [0.2, 0.25) is 0 Å². The first-order valence-electron chi connectivity index (χ1n) is 7.30. The fourth-order valence-corrected chi connectivity index (χ4v) is 2.68. The van der Waals surface area contributed by atoms with Gasteiger partial charge in [0.15, 0.2) is 6.29 Å². The van der Waals surface area contributed by atoms with Crippen LogP contribution in [0.1, 0.15) is 28.7 Å². The Kier molecular flexibility index (Phi) is 3.82. The monoisotopic (exact) mass is 305 g/mol. The minimum atomic E-state index is 0.418. The summed E-state index contributed by atoms with van der Waals surface area (Å²) >= 11 is 0. The van der Waals surface area contributed by atoms with Crippen LogP contribution in [0.3, 0.4) is 0 Å². The van der Waals surface area contributed by atoms with Crippen LogP contribution in [0.25, 0.3) is 16.9 Å². The normalized spacial score (nSPS) is 10.5. The fraction of sp³-hybridized carbons (Fsp3) is 0.167. The van der Waals surface area contributed by atoms with Crippen LogP contribution in [0.2, 0.25) is 0 Å². The number of carbonyl (C=O) groups excluding carboxylic acids is 1.